The largest absolute Gasteiger partial charge is 0.488 e. The minimum Gasteiger partial charge on any atom is -0.488 e. The fraction of sp³-hybridized carbons (Fsp3) is 0.0833. The van der Waals surface area contributed by atoms with Crippen LogP contribution in [0.25, 0.3) is 6.08 Å². The number of amides is 1. The first-order chi connectivity index (χ1) is 14.4. The van der Waals surface area contributed by atoms with E-state index in [0.717, 1.165) is 10.0 Å². The summed E-state index contributed by atoms with van der Waals surface area (Å²) in [5.41, 5.74) is 3.34. The minimum atomic E-state index is -0.510. The zero-order valence-corrected chi connectivity index (χ0v) is 18.5. The summed E-state index contributed by atoms with van der Waals surface area (Å²) < 4.78 is 6.77. The van der Waals surface area contributed by atoms with Gasteiger partial charge in [0, 0.05) is 20.7 Å². The van der Waals surface area contributed by atoms with Crippen molar-refractivity contribution in [2.75, 3.05) is 5.32 Å². The molecule has 0 heterocycles. The number of nitriles is 1. The van der Waals surface area contributed by atoms with Crippen LogP contribution in [0.5, 0.6) is 5.75 Å². The van der Waals surface area contributed by atoms with E-state index in [9.17, 15) is 10.1 Å². The zero-order chi connectivity index (χ0) is 21.5. The van der Waals surface area contributed by atoms with E-state index in [1.807, 2.05) is 43.3 Å². The van der Waals surface area contributed by atoms with Crippen molar-refractivity contribution in [2.24, 2.45) is 0 Å². The summed E-state index contributed by atoms with van der Waals surface area (Å²) in [7, 11) is 0. The molecule has 150 valence electrons. The van der Waals surface area contributed by atoms with Crippen molar-refractivity contribution in [3.63, 3.8) is 0 Å². The number of carbonyl (C=O) groups excluding carboxylic acids is 1. The van der Waals surface area contributed by atoms with Crippen LogP contribution in [0.2, 0.25) is 5.02 Å². The molecule has 0 bridgehead atoms. The van der Waals surface area contributed by atoms with Crippen LogP contribution >= 0.6 is 27.5 Å². The lowest BCUT2D eigenvalue weighted by atomic mass is 10.1. The van der Waals surface area contributed by atoms with Crippen LogP contribution in [-0.4, -0.2) is 5.91 Å². The smallest absolute Gasteiger partial charge is 0.266 e. The van der Waals surface area contributed by atoms with E-state index >= 15 is 0 Å². The fourth-order valence-corrected chi connectivity index (χ4v) is 3.15. The van der Waals surface area contributed by atoms with Gasteiger partial charge in [0.15, 0.2) is 0 Å². The molecule has 6 heteroatoms. The molecule has 0 spiro atoms. The third-order valence-corrected chi connectivity index (χ3v) is 5.00. The van der Waals surface area contributed by atoms with Gasteiger partial charge in [0.25, 0.3) is 5.91 Å². The molecule has 1 amide bonds. The lowest BCUT2D eigenvalue weighted by Gasteiger charge is -2.11. The van der Waals surface area contributed by atoms with E-state index in [1.165, 1.54) is 11.6 Å². The number of benzene rings is 3. The van der Waals surface area contributed by atoms with Crippen molar-refractivity contribution in [3.05, 3.63) is 98.5 Å². The number of anilines is 1. The Balaban J connectivity index is 1.81. The standard InChI is InChI=1S/C24H18BrClN2O2/c1-16-2-4-17(5-3-16)15-30-23-11-6-20(25)13-18(23)12-19(14-27)24(29)28-22-9-7-21(26)8-10-22/h2-13H,15H2,1H3,(H,28,29)/b19-12+. The highest BCUT2D eigenvalue weighted by Gasteiger charge is 2.12. The molecule has 0 saturated heterocycles. The lowest BCUT2D eigenvalue weighted by Crippen LogP contribution is -2.13. The van der Waals surface area contributed by atoms with Crippen LogP contribution in [0.15, 0.2) is 76.8 Å². The van der Waals surface area contributed by atoms with Gasteiger partial charge in [-0.05, 0) is 61.0 Å². The number of ether oxygens (including phenoxy) is 1. The molecule has 0 aliphatic rings. The highest BCUT2D eigenvalue weighted by molar-refractivity contribution is 9.10. The summed E-state index contributed by atoms with van der Waals surface area (Å²) in [5.74, 6) is 0.0649. The molecule has 0 aliphatic carbocycles. The molecule has 0 fully saturated rings. The number of rotatable bonds is 6. The molecule has 0 saturated carbocycles. The lowest BCUT2D eigenvalue weighted by molar-refractivity contribution is -0.112. The van der Waals surface area contributed by atoms with Crippen molar-refractivity contribution >= 4 is 45.2 Å². The van der Waals surface area contributed by atoms with E-state index in [-0.39, 0.29) is 5.57 Å². The average molecular weight is 482 g/mol. The van der Waals surface area contributed by atoms with Crippen molar-refractivity contribution in [1.82, 2.24) is 0 Å². The molecule has 30 heavy (non-hydrogen) atoms. The molecule has 0 aliphatic heterocycles. The molecule has 3 aromatic rings. The molecular formula is C24H18BrClN2O2. The quantitative estimate of drug-likeness (QED) is 0.321. The molecular weight excluding hydrogens is 464 g/mol. The van der Waals surface area contributed by atoms with Gasteiger partial charge in [0.2, 0.25) is 0 Å². The monoisotopic (exact) mass is 480 g/mol. The van der Waals surface area contributed by atoms with Gasteiger partial charge in [0.05, 0.1) is 0 Å². The third kappa shape index (κ3) is 5.96. The van der Waals surface area contributed by atoms with Crippen LogP contribution in [-0.2, 0) is 11.4 Å². The molecule has 0 aromatic heterocycles. The summed E-state index contributed by atoms with van der Waals surface area (Å²) >= 11 is 9.29. The summed E-state index contributed by atoms with van der Waals surface area (Å²) in [5, 5.41) is 12.8. The Morgan fingerprint density at radius 3 is 2.50 bits per heavy atom. The van der Waals surface area contributed by atoms with E-state index < -0.39 is 5.91 Å². The molecule has 0 radical (unpaired) electrons. The van der Waals surface area contributed by atoms with Gasteiger partial charge < -0.3 is 10.1 Å². The first-order valence-corrected chi connectivity index (χ1v) is 10.3. The molecule has 0 unspecified atom stereocenters. The van der Waals surface area contributed by atoms with Crippen molar-refractivity contribution in [2.45, 2.75) is 13.5 Å². The number of hydrogen-bond donors (Lipinski definition) is 1. The fourth-order valence-electron chi connectivity index (χ4n) is 2.64. The summed E-state index contributed by atoms with van der Waals surface area (Å²) in [4.78, 5) is 12.6. The van der Waals surface area contributed by atoms with Crippen LogP contribution in [0, 0.1) is 18.3 Å². The molecule has 3 aromatic carbocycles. The van der Waals surface area contributed by atoms with Gasteiger partial charge in [-0.15, -0.1) is 0 Å². The van der Waals surface area contributed by atoms with Crippen LogP contribution in [0.1, 0.15) is 16.7 Å². The predicted octanol–water partition coefficient (Wildman–Crippen LogP) is 6.54. The Bertz CT molecular complexity index is 1120. The van der Waals surface area contributed by atoms with Gasteiger partial charge in [-0.3, -0.25) is 4.79 Å². The van der Waals surface area contributed by atoms with Crippen LogP contribution in [0.3, 0.4) is 0 Å². The average Bonchev–Trinajstić information content (AvgIpc) is 2.74. The second-order valence-corrected chi connectivity index (χ2v) is 7.94. The summed E-state index contributed by atoms with van der Waals surface area (Å²) in [6.45, 7) is 2.41. The maximum absolute atomic E-state index is 12.6. The number of nitrogens with zero attached hydrogens (tertiary/aromatic N) is 1. The molecule has 4 nitrogen and oxygen atoms in total. The summed E-state index contributed by atoms with van der Waals surface area (Å²) in [6, 6.07) is 22.1. The molecule has 0 atom stereocenters. The van der Waals surface area contributed by atoms with Crippen molar-refractivity contribution in [3.8, 4) is 11.8 Å². The predicted molar refractivity (Wildman–Crippen MR) is 123 cm³/mol. The number of halogens is 2. The molecule has 3 rings (SSSR count). The Labute approximate surface area is 188 Å². The van der Waals surface area contributed by atoms with Gasteiger partial charge >= 0.3 is 0 Å². The van der Waals surface area contributed by atoms with E-state index in [0.29, 0.717) is 28.6 Å². The highest BCUT2D eigenvalue weighted by atomic mass is 79.9. The second kappa shape index (κ2) is 10.1. The van der Waals surface area contributed by atoms with Crippen LogP contribution in [0.4, 0.5) is 5.69 Å². The highest BCUT2D eigenvalue weighted by Crippen LogP contribution is 2.27. The third-order valence-electron chi connectivity index (χ3n) is 4.25. The Morgan fingerprint density at radius 1 is 1.13 bits per heavy atom. The topological polar surface area (TPSA) is 62.1 Å². The first kappa shape index (κ1) is 21.6. The maximum Gasteiger partial charge on any atom is 0.266 e. The van der Waals surface area contributed by atoms with Crippen LogP contribution < -0.4 is 10.1 Å². The van der Waals surface area contributed by atoms with E-state index in [2.05, 4.69) is 21.2 Å². The number of hydrogen-bond acceptors (Lipinski definition) is 3. The zero-order valence-electron chi connectivity index (χ0n) is 16.2. The van der Waals surface area contributed by atoms with Gasteiger partial charge in [0.1, 0.15) is 24.0 Å². The van der Waals surface area contributed by atoms with Gasteiger partial charge in [-0.2, -0.15) is 5.26 Å². The number of aryl methyl sites for hydroxylation is 1. The Kier molecular flexibility index (Phi) is 7.29. The number of nitrogens with one attached hydrogen (secondary N) is 1. The first-order valence-electron chi connectivity index (χ1n) is 9.11. The van der Waals surface area contributed by atoms with E-state index in [1.54, 1.807) is 36.4 Å². The SMILES string of the molecule is Cc1ccc(COc2ccc(Br)cc2/C=C(\C#N)C(=O)Nc2ccc(Cl)cc2)cc1. The normalized spacial score (nSPS) is 10.9. The van der Waals surface area contributed by atoms with Crippen molar-refractivity contribution in [1.29, 1.82) is 5.26 Å². The Hall–Kier alpha value is -3.07. The van der Waals surface area contributed by atoms with Crippen molar-refractivity contribution < 1.29 is 9.53 Å². The molecule has 1 N–H and O–H groups in total. The van der Waals surface area contributed by atoms with E-state index in [4.69, 9.17) is 16.3 Å². The Morgan fingerprint density at radius 2 is 1.83 bits per heavy atom. The maximum atomic E-state index is 12.6. The second-order valence-electron chi connectivity index (χ2n) is 6.59. The van der Waals surface area contributed by atoms with Gasteiger partial charge in [-0.1, -0.05) is 57.4 Å². The minimum absolute atomic E-state index is 0.0387. The van der Waals surface area contributed by atoms with Gasteiger partial charge in [-0.25, -0.2) is 0 Å². The number of carbonyl (C=O) groups is 1. The summed E-state index contributed by atoms with van der Waals surface area (Å²) in [6.07, 6.45) is 1.51.